The second kappa shape index (κ2) is 11.4. The standard InChI is InChI=1S/C26H27N5O4S.ClH/c27-25(28)18-9-6-17(7-10-18)8-13-24(32)31-14-2-4-19-15-21(11-12-23(19)31)30-36(34,35)22-5-1-3-20(16-22)26(29)33;/h1,3,5-7,9-12,15-16,30H,2,4,8,13-14H2,(H3,27,28)(H2,29,33);1H. The van der Waals surface area contributed by atoms with E-state index in [2.05, 4.69) is 4.72 Å². The number of rotatable bonds is 8. The number of nitrogen functional groups attached to an aromatic ring is 1. The number of amidine groups is 1. The van der Waals surface area contributed by atoms with Gasteiger partial charge in [-0.25, -0.2) is 8.42 Å². The highest BCUT2D eigenvalue weighted by molar-refractivity contribution is 7.92. The number of amides is 2. The topological polar surface area (TPSA) is 159 Å². The second-order valence-electron chi connectivity index (χ2n) is 8.60. The zero-order valence-corrected chi connectivity index (χ0v) is 21.6. The number of fused-ring (bicyclic) bond motifs is 1. The lowest BCUT2D eigenvalue weighted by Crippen LogP contribution is -2.35. The molecule has 4 rings (SSSR count). The highest BCUT2D eigenvalue weighted by Crippen LogP contribution is 2.31. The van der Waals surface area contributed by atoms with Crippen LogP contribution in [0.5, 0.6) is 0 Å². The highest BCUT2D eigenvalue weighted by atomic mass is 35.5. The Labute approximate surface area is 221 Å². The summed E-state index contributed by atoms with van der Waals surface area (Å²) in [5.41, 5.74) is 14.5. The Morgan fingerprint density at radius 2 is 1.70 bits per heavy atom. The summed E-state index contributed by atoms with van der Waals surface area (Å²) in [6.07, 6.45) is 2.37. The largest absolute Gasteiger partial charge is 0.384 e. The third-order valence-electron chi connectivity index (χ3n) is 6.07. The molecule has 1 heterocycles. The van der Waals surface area contributed by atoms with Crippen molar-refractivity contribution in [2.75, 3.05) is 16.2 Å². The van der Waals surface area contributed by atoms with Crippen molar-refractivity contribution < 1.29 is 18.0 Å². The lowest BCUT2D eigenvalue weighted by molar-refractivity contribution is -0.118. The Morgan fingerprint density at radius 1 is 0.973 bits per heavy atom. The van der Waals surface area contributed by atoms with E-state index >= 15 is 0 Å². The summed E-state index contributed by atoms with van der Waals surface area (Å²) >= 11 is 0. The molecule has 3 aromatic rings. The smallest absolute Gasteiger partial charge is 0.261 e. The van der Waals surface area contributed by atoms with Gasteiger partial charge < -0.3 is 16.4 Å². The first-order valence-electron chi connectivity index (χ1n) is 11.4. The monoisotopic (exact) mass is 541 g/mol. The number of hydrogen-bond acceptors (Lipinski definition) is 5. The summed E-state index contributed by atoms with van der Waals surface area (Å²) in [6.45, 7) is 0.597. The zero-order chi connectivity index (χ0) is 25.9. The number of aryl methyl sites for hydroxylation is 2. The molecule has 9 nitrogen and oxygen atoms in total. The van der Waals surface area contributed by atoms with Gasteiger partial charge in [0.25, 0.3) is 10.0 Å². The molecular weight excluding hydrogens is 514 g/mol. The van der Waals surface area contributed by atoms with Crippen molar-refractivity contribution in [2.45, 2.75) is 30.6 Å². The number of primary amides is 1. The molecule has 0 spiro atoms. The van der Waals surface area contributed by atoms with Gasteiger partial charge in [0.2, 0.25) is 11.8 Å². The van der Waals surface area contributed by atoms with Gasteiger partial charge in [0.15, 0.2) is 0 Å². The number of nitrogens with two attached hydrogens (primary N) is 2. The number of nitrogens with zero attached hydrogens (tertiary/aromatic N) is 1. The predicted molar refractivity (Wildman–Crippen MR) is 146 cm³/mol. The van der Waals surface area contributed by atoms with Crippen molar-refractivity contribution in [2.24, 2.45) is 11.5 Å². The number of benzene rings is 3. The van der Waals surface area contributed by atoms with Gasteiger partial charge in [0.05, 0.1) is 4.90 Å². The average molecular weight is 542 g/mol. The van der Waals surface area contributed by atoms with Crippen LogP contribution in [-0.4, -0.2) is 32.6 Å². The first-order valence-corrected chi connectivity index (χ1v) is 12.9. The lowest BCUT2D eigenvalue weighted by Gasteiger charge is -2.30. The fraction of sp³-hybridized carbons (Fsp3) is 0.192. The Kier molecular flexibility index (Phi) is 8.57. The Hall–Kier alpha value is -3.89. The molecule has 0 saturated heterocycles. The molecule has 0 aliphatic carbocycles. The van der Waals surface area contributed by atoms with E-state index in [1.54, 1.807) is 35.2 Å². The Bertz CT molecular complexity index is 1440. The van der Waals surface area contributed by atoms with Gasteiger partial charge in [-0.05, 0) is 66.8 Å². The minimum absolute atomic E-state index is 0. The maximum Gasteiger partial charge on any atom is 0.261 e. The lowest BCUT2D eigenvalue weighted by atomic mass is 10.00. The van der Waals surface area contributed by atoms with E-state index in [9.17, 15) is 18.0 Å². The molecule has 37 heavy (non-hydrogen) atoms. The first kappa shape index (κ1) is 27.7. The van der Waals surface area contributed by atoms with Crippen LogP contribution < -0.4 is 21.1 Å². The molecule has 0 fully saturated rings. The van der Waals surface area contributed by atoms with Crippen LogP contribution in [0.4, 0.5) is 11.4 Å². The number of anilines is 2. The van der Waals surface area contributed by atoms with Gasteiger partial charge in [-0.15, -0.1) is 12.4 Å². The molecule has 1 aliphatic heterocycles. The van der Waals surface area contributed by atoms with E-state index in [0.29, 0.717) is 30.6 Å². The van der Waals surface area contributed by atoms with E-state index in [-0.39, 0.29) is 34.6 Å². The molecule has 2 amide bonds. The highest BCUT2D eigenvalue weighted by Gasteiger charge is 2.24. The van der Waals surface area contributed by atoms with Crippen LogP contribution in [0, 0.1) is 5.41 Å². The van der Waals surface area contributed by atoms with Crippen molar-refractivity contribution in [1.29, 1.82) is 5.41 Å². The quantitative estimate of drug-likeness (QED) is 0.254. The molecule has 0 unspecified atom stereocenters. The summed E-state index contributed by atoms with van der Waals surface area (Å²) < 4.78 is 28.2. The number of carbonyl (C=O) groups excluding carboxylic acids is 2. The third-order valence-corrected chi connectivity index (χ3v) is 7.45. The minimum atomic E-state index is -3.93. The average Bonchev–Trinajstić information content (AvgIpc) is 2.86. The van der Waals surface area contributed by atoms with E-state index < -0.39 is 15.9 Å². The van der Waals surface area contributed by atoms with Gasteiger partial charge in [0.1, 0.15) is 5.84 Å². The molecule has 0 bridgehead atoms. The second-order valence-corrected chi connectivity index (χ2v) is 10.3. The SMILES string of the molecule is Cl.N=C(N)c1ccc(CCC(=O)N2CCCc3cc(NS(=O)(=O)c4cccc(C(N)=O)c4)ccc32)cc1. The number of nitrogens with one attached hydrogen (secondary N) is 2. The first-order chi connectivity index (χ1) is 17.1. The Balaban J connectivity index is 0.00000380. The van der Waals surface area contributed by atoms with E-state index in [4.69, 9.17) is 16.9 Å². The molecule has 1 aliphatic rings. The normalized spacial score (nSPS) is 12.7. The van der Waals surface area contributed by atoms with Crippen LogP contribution in [0.15, 0.2) is 71.6 Å². The molecule has 194 valence electrons. The molecule has 0 atom stereocenters. The van der Waals surface area contributed by atoms with Gasteiger partial charge >= 0.3 is 0 Å². The molecule has 11 heteroatoms. The van der Waals surface area contributed by atoms with Crippen LogP contribution in [0.25, 0.3) is 0 Å². The van der Waals surface area contributed by atoms with Crippen molar-refractivity contribution in [3.8, 4) is 0 Å². The predicted octanol–water partition coefficient (Wildman–Crippen LogP) is 3.20. The molecule has 3 aromatic carbocycles. The Morgan fingerprint density at radius 3 is 2.38 bits per heavy atom. The number of sulfonamides is 1. The fourth-order valence-corrected chi connectivity index (χ4v) is 5.28. The maximum absolute atomic E-state index is 13.0. The van der Waals surface area contributed by atoms with Crippen LogP contribution in [0.1, 0.15) is 39.9 Å². The van der Waals surface area contributed by atoms with Gasteiger partial charge in [0, 0.05) is 35.5 Å². The van der Waals surface area contributed by atoms with Gasteiger partial charge in [-0.3, -0.25) is 19.7 Å². The number of hydrogen-bond donors (Lipinski definition) is 4. The van der Waals surface area contributed by atoms with Crippen molar-refractivity contribution in [3.63, 3.8) is 0 Å². The molecule has 0 saturated carbocycles. The summed E-state index contributed by atoms with van der Waals surface area (Å²) in [5, 5.41) is 7.47. The fourth-order valence-electron chi connectivity index (χ4n) is 4.19. The molecule has 6 N–H and O–H groups in total. The molecular formula is C26H28ClN5O4S. The zero-order valence-electron chi connectivity index (χ0n) is 19.9. The summed E-state index contributed by atoms with van der Waals surface area (Å²) in [5.74, 6) is -0.717. The van der Waals surface area contributed by atoms with E-state index in [1.165, 1.54) is 24.3 Å². The summed E-state index contributed by atoms with van der Waals surface area (Å²) in [6, 6.07) is 17.9. The minimum Gasteiger partial charge on any atom is -0.384 e. The summed E-state index contributed by atoms with van der Waals surface area (Å²) in [4.78, 5) is 26.1. The van der Waals surface area contributed by atoms with Crippen LogP contribution in [0.2, 0.25) is 0 Å². The van der Waals surface area contributed by atoms with E-state index in [1.807, 2.05) is 12.1 Å². The van der Waals surface area contributed by atoms with Crippen molar-refractivity contribution >= 4 is 51.5 Å². The summed E-state index contributed by atoms with van der Waals surface area (Å²) in [7, 11) is -3.93. The third kappa shape index (κ3) is 6.46. The number of carbonyl (C=O) groups is 2. The van der Waals surface area contributed by atoms with Gasteiger partial charge in [-0.1, -0.05) is 30.3 Å². The molecule has 0 radical (unpaired) electrons. The van der Waals surface area contributed by atoms with E-state index in [0.717, 1.165) is 29.7 Å². The van der Waals surface area contributed by atoms with Crippen molar-refractivity contribution in [1.82, 2.24) is 0 Å². The van der Waals surface area contributed by atoms with Crippen LogP contribution in [-0.2, 0) is 27.7 Å². The van der Waals surface area contributed by atoms with Gasteiger partial charge in [-0.2, -0.15) is 0 Å². The van der Waals surface area contributed by atoms with Crippen molar-refractivity contribution in [3.05, 3.63) is 89.0 Å². The molecule has 0 aromatic heterocycles. The number of halogens is 1. The van der Waals surface area contributed by atoms with Crippen LogP contribution in [0.3, 0.4) is 0 Å². The van der Waals surface area contributed by atoms with Crippen LogP contribution >= 0.6 is 12.4 Å². The maximum atomic E-state index is 13.0.